The molecule has 1 fully saturated rings. The molecule has 0 aliphatic carbocycles. The van der Waals surface area contributed by atoms with Crippen LogP contribution in [0, 0.1) is 6.92 Å². The Bertz CT molecular complexity index is 543. The summed E-state index contributed by atoms with van der Waals surface area (Å²) in [5, 5.41) is 0. The molecule has 0 saturated carbocycles. The van der Waals surface area contributed by atoms with Gasteiger partial charge in [-0.25, -0.2) is 0 Å². The van der Waals surface area contributed by atoms with E-state index in [9.17, 15) is 8.42 Å². The third kappa shape index (κ3) is 2.81. The van der Waals surface area contributed by atoms with Crippen LogP contribution in [-0.2, 0) is 10.0 Å². The lowest BCUT2D eigenvalue weighted by molar-refractivity contribution is 0.513. The zero-order chi connectivity index (χ0) is 13.2. The number of benzene rings is 1. The van der Waals surface area contributed by atoms with Crippen LogP contribution in [0.4, 0.5) is 0 Å². The molecule has 0 unspecified atom stereocenters. The second-order valence-electron chi connectivity index (χ2n) is 4.43. The van der Waals surface area contributed by atoms with Crippen LogP contribution in [0.1, 0.15) is 18.4 Å². The van der Waals surface area contributed by atoms with Gasteiger partial charge in [0.15, 0.2) is 0 Å². The highest BCUT2D eigenvalue weighted by Crippen LogP contribution is 2.14. The van der Waals surface area contributed by atoms with Gasteiger partial charge in [-0.05, 0) is 31.9 Å². The summed E-state index contributed by atoms with van der Waals surface area (Å²) in [5.41, 5.74) is 6.73. The number of rotatable bonds is 2. The minimum Gasteiger partial charge on any atom is -0.369 e. The maximum absolute atomic E-state index is 12.0. The zero-order valence-corrected chi connectivity index (χ0v) is 11.2. The van der Waals surface area contributed by atoms with Gasteiger partial charge in [-0.1, -0.05) is 17.7 Å². The Morgan fingerprint density at radius 2 is 1.78 bits per heavy atom. The zero-order valence-electron chi connectivity index (χ0n) is 10.3. The molecule has 0 aromatic heterocycles. The molecule has 0 radical (unpaired) electrons. The van der Waals surface area contributed by atoms with Crippen molar-refractivity contribution in [1.82, 2.24) is 4.90 Å². The topological polar surface area (TPSA) is 75.8 Å². The van der Waals surface area contributed by atoms with Crippen molar-refractivity contribution in [1.29, 1.82) is 0 Å². The molecule has 2 rings (SSSR count). The monoisotopic (exact) mass is 267 g/mol. The van der Waals surface area contributed by atoms with Gasteiger partial charge >= 0.3 is 0 Å². The van der Waals surface area contributed by atoms with E-state index >= 15 is 0 Å². The molecule has 2 N–H and O–H groups in total. The maximum atomic E-state index is 12.0. The number of likely N-dealkylation sites (tertiary alicyclic amines) is 1. The van der Waals surface area contributed by atoms with Gasteiger partial charge in [-0.15, -0.1) is 4.40 Å². The molecule has 98 valence electrons. The van der Waals surface area contributed by atoms with E-state index in [1.807, 2.05) is 6.92 Å². The average Bonchev–Trinajstić information content (AvgIpc) is 2.82. The first-order valence-corrected chi connectivity index (χ1v) is 7.35. The van der Waals surface area contributed by atoms with Crippen LogP contribution in [0.5, 0.6) is 0 Å². The normalized spacial score (nSPS) is 17.2. The molecule has 1 aliphatic heterocycles. The van der Waals surface area contributed by atoms with E-state index < -0.39 is 10.0 Å². The fourth-order valence-corrected chi connectivity index (χ4v) is 2.84. The Labute approximate surface area is 107 Å². The SMILES string of the molecule is Cc1ccc(S(=O)(=O)N=C(N)N2CCCC2)cc1. The summed E-state index contributed by atoms with van der Waals surface area (Å²) in [5.74, 6) is 0.0908. The van der Waals surface area contributed by atoms with E-state index in [0.717, 1.165) is 31.5 Å². The standard InChI is InChI=1S/C12H17N3O2S/c1-10-4-6-11(7-5-10)18(16,17)14-12(13)15-8-2-3-9-15/h4-7H,2-3,8-9H2,1H3,(H2,13,14). The summed E-state index contributed by atoms with van der Waals surface area (Å²) in [7, 11) is -3.69. The first-order valence-electron chi connectivity index (χ1n) is 5.91. The third-order valence-electron chi connectivity index (χ3n) is 2.96. The van der Waals surface area contributed by atoms with E-state index in [4.69, 9.17) is 5.73 Å². The van der Waals surface area contributed by atoms with E-state index in [-0.39, 0.29) is 10.9 Å². The minimum atomic E-state index is -3.69. The van der Waals surface area contributed by atoms with Gasteiger partial charge in [-0.2, -0.15) is 8.42 Å². The fraction of sp³-hybridized carbons (Fsp3) is 0.417. The molecule has 5 nitrogen and oxygen atoms in total. The predicted molar refractivity (Wildman–Crippen MR) is 70.8 cm³/mol. The molecule has 6 heteroatoms. The number of nitrogens with zero attached hydrogens (tertiary/aromatic N) is 2. The van der Waals surface area contributed by atoms with Gasteiger partial charge < -0.3 is 10.6 Å². The summed E-state index contributed by atoms with van der Waals surface area (Å²) in [6.45, 7) is 3.45. The predicted octanol–water partition coefficient (Wildman–Crippen LogP) is 1.09. The van der Waals surface area contributed by atoms with E-state index in [2.05, 4.69) is 4.40 Å². The van der Waals surface area contributed by atoms with Gasteiger partial charge in [0.25, 0.3) is 10.0 Å². The molecule has 18 heavy (non-hydrogen) atoms. The Balaban J connectivity index is 2.25. The summed E-state index contributed by atoms with van der Waals surface area (Å²) in [4.78, 5) is 1.97. The number of hydrogen-bond donors (Lipinski definition) is 1. The quantitative estimate of drug-likeness (QED) is 0.643. The van der Waals surface area contributed by atoms with Gasteiger partial charge in [0.2, 0.25) is 5.96 Å². The van der Waals surface area contributed by atoms with E-state index in [1.165, 1.54) is 0 Å². The molecule has 0 bridgehead atoms. The van der Waals surface area contributed by atoms with Crippen LogP contribution in [0.2, 0.25) is 0 Å². The Hall–Kier alpha value is -1.56. The van der Waals surface area contributed by atoms with Crippen LogP contribution in [0.3, 0.4) is 0 Å². The van der Waals surface area contributed by atoms with Crippen LogP contribution >= 0.6 is 0 Å². The lowest BCUT2D eigenvalue weighted by Crippen LogP contribution is -2.35. The molecule has 1 aromatic carbocycles. The average molecular weight is 267 g/mol. The maximum Gasteiger partial charge on any atom is 0.285 e. The Morgan fingerprint density at radius 1 is 1.22 bits per heavy atom. The summed E-state index contributed by atoms with van der Waals surface area (Å²) >= 11 is 0. The molecule has 1 aliphatic rings. The van der Waals surface area contributed by atoms with Crippen LogP contribution in [0.25, 0.3) is 0 Å². The number of nitrogens with two attached hydrogens (primary N) is 1. The van der Waals surface area contributed by atoms with E-state index in [0.29, 0.717) is 0 Å². The smallest absolute Gasteiger partial charge is 0.285 e. The second-order valence-corrected chi connectivity index (χ2v) is 6.04. The Kier molecular flexibility index (Phi) is 3.56. The van der Waals surface area contributed by atoms with Gasteiger partial charge in [-0.3, -0.25) is 0 Å². The lowest BCUT2D eigenvalue weighted by atomic mass is 10.2. The summed E-state index contributed by atoms with van der Waals surface area (Å²) in [6.07, 6.45) is 2.06. The fourth-order valence-electron chi connectivity index (χ4n) is 1.89. The number of guanidine groups is 1. The molecule has 0 spiro atoms. The van der Waals surface area contributed by atoms with Crippen molar-refractivity contribution in [3.8, 4) is 0 Å². The first-order chi connectivity index (χ1) is 8.49. The summed E-state index contributed by atoms with van der Waals surface area (Å²) < 4.78 is 27.7. The van der Waals surface area contributed by atoms with Crippen LogP contribution in [0.15, 0.2) is 33.6 Å². The van der Waals surface area contributed by atoms with Crippen molar-refractivity contribution in [3.63, 3.8) is 0 Å². The molecule has 0 atom stereocenters. The van der Waals surface area contributed by atoms with Crippen LogP contribution in [-0.4, -0.2) is 32.4 Å². The molecule has 0 amide bonds. The van der Waals surface area contributed by atoms with Gasteiger partial charge in [0, 0.05) is 13.1 Å². The highest BCUT2D eigenvalue weighted by Gasteiger charge is 2.18. The number of aryl methyl sites for hydroxylation is 1. The molecular formula is C12H17N3O2S. The van der Waals surface area contributed by atoms with Crippen molar-refractivity contribution < 1.29 is 8.42 Å². The van der Waals surface area contributed by atoms with Crippen molar-refractivity contribution in [2.45, 2.75) is 24.7 Å². The second kappa shape index (κ2) is 4.97. The van der Waals surface area contributed by atoms with Crippen molar-refractivity contribution in [2.24, 2.45) is 10.1 Å². The van der Waals surface area contributed by atoms with Crippen LogP contribution < -0.4 is 5.73 Å². The first kappa shape index (κ1) is 12.9. The van der Waals surface area contributed by atoms with E-state index in [1.54, 1.807) is 29.2 Å². The molecule has 1 saturated heterocycles. The van der Waals surface area contributed by atoms with Gasteiger partial charge in [0.05, 0.1) is 4.90 Å². The minimum absolute atomic E-state index is 0.0908. The molecule has 1 aromatic rings. The Morgan fingerprint density at radius 3 is 2.33 bits per heavy atom. The van der Waals surface area contributed by atoms with Crippen molar-refractivity contribution >= 4 is 16.0 Å². The third-order valence-corrected chi connectivity index (χ3v) is 4.26. The van der Waals surface area contributed by atoms with Crippen molar-refractivity contribution in [3.05, 3.63) is 29.8 Å². The largest absolute Gasteiger partial charge is 0.369 e. The lowest BCUT2D eigenvalue weighted by Gasteiger charge is -2.15. The number of sulfonamides is 1. The summed E-state index contributed by atoms with van der Waals surface area (Å²) in [6, 6.07) is 6.58. The highest BCUT2D eigenvalue weighted by atomic mass is 32.2. The number of hydrogen-bond acceptors (Lipinski definition) is 2. The molecular weight excluding hydrogens is 250 g/mol. The van der Waals surface area contributed by atoms with Gasteiger partial charge in [0.1, 0.15) is 0 Å². The molecule has 1 heterocycles. The van der Waals surface area contributed by atoms with Crippen molar-refractivity contribution in [2.75, 3.05) is 13.1 Å². The highest BCUT2D eigenvalue weighted by molar-refractivity contribution is 7.90.